The van der Waals surface area contributed by atoms with Crippen molar-refractivity contribution in [3.05, 3.63) is 0 Å². The highest BCUT2D eigenvalue weighted by molar-refractivity contribution is 4.64. The molecule has 0 aromatic rings. The number of ether oxygens (including phenoxy) is 2. The average molecular weight is 244 g/mol. The van der Waals surface area contributed by atoms with Gasteiger partial charge in [-0.15, -0.1) is 0 Å². The molecule has 0 bridgehead atoms. The molecule has 6 heteroatoms. The molecular formula is C10H19F3O3. The summed E-state index contributed by atoms with van der Waals surface area (Å²) in [7, 11) is 1.56. The first-order valence-electron chi connectivity index (χ1n) is 5.18. The van der Waals surface area contributed by atoms with Crippen molar-refractivity contribution in [2.75, 3.05) is 26.9 Å². The number of alkyl halides is 3. The van der Waals surface area contributed by atoms with E-state index in [-0.39, 0.29) is 18.9 Å². The average Bonchev–Trinajstić information content (AvgIpc) is 2.19. The van der Waals surface area contributed by atoms with E-state index in [0.29, 0.717) is 13.0 Å². The van der Waals surface area contributed by atoms with Gasteiger partial charge < -0.3 is 14.6 Å². The highest BCUT2D eigenvalue weighted by Crippen LogP contribution is 2.16. The molecule has 0 rings (SSSR count). The molecule has 0 radical (unpaired) electrons. The summed E-state index contributed by atoms with van der Waals surface area (Å²) >= 11 is 0. The van der Waals surface area contributed by atoms with Crippen molar-refractivity contribution in [2.24, 2.45) is 5.92 Å². The molecule has 0 fully saturated rings. The predicted octanol–water partition coefficient (Wildman–Crippen LogP) is 1.99. The zero-order valence-electron chi connectivity index (χ0n) is 9.59. The molecule has 0 aliphatic rings. The van der Waals surface area contributed by atoms with Crippen LogP contribution in [0, 0.1) is 5.92 Å². The molecule has 98 valence electrons. The first-order chi connectivity index (χ1) is 7.37. The molecule has 0 amide bonds. The van der Waals surface area contributed by atoms with E-state index in [1.807, 2.05) is 6.92 Å². The summed E-state index contributed by atoms with van der Waals surface area (Å²) in [6, 6.07) is 0. The molecule has 0 heterocycles. The van der Waals surface area contributed by atoms with Gasteiger partial charge in [0, 0.05) is 20.3 Å². The van der Waals surface area contributed by atoms with Gasteiger partial charge in [0.25, 0.3) is 0 Å². The van der Waals surface area contributed by atoms with Crippen LogP contribution in [-0.2, 0) is 9.47 Å². The molecule has 0 saturated heterocycles. The molecule has 16 heavy (non-hydrogen) atoms. The summed E-state index contributed by atoms with van der Waals surface area (Å²) in [6.07, 6.45) is -4.06. The van der Waals surface area contributed by atoms with Crippen LogP contribution < -0.4 is 0 Å². The van der Waals surface area contributed by atoms with Crippen molar-refractivity contribution < 1.29 is 27.8 Å². The van der Waals surface area contributed by atoms with Crippen molar-refractivity contribution in [2.45, 2.75) is 32.0 Å². The second-order valence-corrected chi connectivity index (χ2v) is 3.78. The lowest BCUT2D eigenvalue weighted by atomic mass is 9.99. The fraction of sp³-hybridized carbons (Fsp3) is 1.00. The number of halogens is 3. The monoisotopic (exact) mass is 244 g/mol. The number of hydrogen-bond donors (Lipinski definition) is 1. The van der Waals surface area contributed by atoms with Crippen LogP contribution in [0.25, 0.3) is 0 Å². The fourth-order valence-electron chi connectivity index (χ4n) is 1.17. The molecule has 0 aliphatic carbocycles. The normalized spacial score (nSPS) is 16.1. The van der Waals surface area contributed by atoms with Crippen LogP contribution in [0.15, 0.2) is 0 Å². The maximum Gasteiger partial charge on any atom is 0.411 e. The Bertz CT molecular complexity index is 173. The summed E-state index contributed by atoms with van der Waals surface area (Å²) < 4.78 is 44.4. The molecule has 2 atom stereocenters. The van der Waals surface area contributed by atoms with E-state index in [1.165, 1.54) is 0 Å². The lowest BCUT2D eigenvalue weighted by Gasteiger charge is -2.18. The largest absolute Gasteiger partial charge is 0.411 e. The van der Waals surface area contributed by atoms with Crippen LogP contribution in [-0.4, -0.2) is 44.3 Å². The van der Waals surface area contributed by atoms with E-state index >= 15 is 0 Å². The number of rotatable bonds is 8. The van der Waals surface area contributed by atoms with Gasteiger partial charge in [-0.05, 0) is 18.8 Å². The number of aliphatic hydroxyl groups is 1. The Hall–Kier alpha value is -0.330. The third-order valence-corrected chi connectivity index (χ3v) is 2.26. The van der Waals surface area contributed by atoms with Gasteiger partial charge in [0.2, 0.25) is 0 Å². The third-order valence-electron chi connectivity index (χ3n) is 2.26. The van der Waals surface area contributed by atoms with E-state index < -0.39 is 18.9 Å². The molecular weight excluding hydrogens is 225 g/mol. The molecule has 1 N–H and O–H groups in total. The molecule has 0 aliphatic heterocycles. The summed E-state index contributed by atoms with van der Waals surface area (Å²) in [5.74, 6) is -0.00515. The number of hydrogen-bond acceptors (Lipinski definition) is 3. The minimum absolute atomic E-state index is 0.00515. The molecule has 0 aromatic heterocycles. The maximum atomic E-state index is 11.7. The van der Waals surface area contributed by atoms with Gasteiger partial charge in [-0.2, -0.15) is 13.2 Å². The number of methoxy groups -OCH3 is 1. The van der Waals surface area contributed by atoms with Crippen molar-refractivity contribution in [1.29, 1.82) is 0 Å². The van der Waals surface area contributed by atoms with Crippen molar-refractivity contribution >= 4 is 0 Å². The maximum absolute atomic E-state index is 11.7. The van der Waals surface area contributed by atoms with Crippen molar-refractivity contribution in [1.82, 2.24) is 0 Å². The lowest BCUT2D eigenvalue weighted by Crippen LogP contribution is -2.23. The van der Waals surface area contributed by atoms with E-state index in [0.717, 1.165) is 0 Å². The summed E-state index contributed by atoms with van der Waals surface area (Å²) in [4.78, 5) is 0. The Morgan fingerprint density at radius 1 is 1.19 bits per heavy atom. The van der Waals surface area contributed by atoms with Crippen LogP contribution in [0.3, 0.4) is 0 Å². The van der Waals surface area contributed by atoms with Gasteiger partial charge in [-0.3, -0.25) is 0 Å². The third kappa shape index (κ3) is 8.94. The van der Waals surface area contributed by atoms with Gasteiger partial charge in [0.1, 0.15) is 6.61 Å². The molecule has 0 saturated carbocycles. The van der Waals surface area contributed by atoms with Gasteiger partial charge in [0.15, 0.2) is 0 Å². The highest BCUT2D eigenvalue weighted by atomic mass is 19.4. The quantitative estimate of drug-likeness (QED) is 0.664. The van der Waals surface area contributed by atoms with Crippen LogP contribution in [0.4, 0.5) is 13.2 Å². The second kappa shape index (κ2) is 7.86. The molecule has 0 spiro atoms. The smallest absolute Gasteiger partial charge is 0.393 e. The second-order valence-electron chi connectivity index (χ2n) is 3.78. The lowest BCUT2D eigenvalue weighted by molar-refractivity contribution is -0.175. The van der Waals surface area contributed by atoms with Crippen LogP contribution >= 0.6 is 0 Å². The summed E-state index contributed by atoms with van der Waals surface area (Å²) in [5, 5.41) is 9.56. The SMILES string of the molecule is COCCC(C)C(O)CCOCC(F)(F)F. The zero-order chi connectivity index (χ0) is 12.6. The van der Waals surface area contributed by atoms with Crippen LogP contribution in [0.5, 0.6) is 0 Å². The Kier molecular flexibility index (Phi) is 7.70. The highest BCUT2D eigenvalue weighted by Gasteiger charge is 2.27. The van der Waals surface area contributed by atoms with Crippen LogP contribution in [0.1, 0.15) is 19.8 Å². The number of aliphatic hydroxyl groups excluding tert-OH is 1. The minimum Gasteiger partial charge on any atom is -0.393 e. The first kappa shape index (κ1) is 15.7. The van der Waals surface area contributed by atoms with E-state index in [9.17, 15) is 18.3 Å². The Balaban J connectivity index is 3.53. The Morgan fingerprint density at radius 3 is 2.31 bits per heavy atom. The van der Waals surface area contributed by atoms with E-state index in [1.54, 1.807) is 7.11 Å². The van der Waals surface area contributed by atoms with Crippen LogP contribution in [0.2, 0.25) is 0 Å². The van der Waals surface area contributed by atoms with Gasteiger partial charge in [-0.25, -0.2) is 0 Å². The van der Waals surface area contributed by atoms with Gasteiger partial charge >= 0.3 is 6.18 Å². The Labute approximate surface area is 93.5 Å². The minimum atomic E-state index is -4.30. The van der Waals surface area contributed by atoms with Crippen molar-refractivity contribution in [3.63, 3.8) is 0 Å². The zero-order valence-corrected chi connectivity index (χ0v) is 9.59. The van der Waals surface area contributed by atoms with E-state index in [4.69, 9.17) is 4.74 Å². The fourth-order valence-corrected chi connectivity index (χ4v) is 1.17. The first-order valence-corrected chi connectivity index (χ1v) is 5.18. The summed E-state index contributed by atoms with van der Waals surface area (Å²) in [6.45, 7) is 1.01. The molecule has 0 aromatic carbocycles. The van der Waals surface area contributed by atoms with Crippen molar-refractivity contribution in [3.8, 4) is 0 Å². The Morgan fingerprint density at radius 2 is 1.81 bits per heavy atom. The molecule has 3 nitrogen and oxygen atoms in total. The standard InChI is InChI=1S/C10H19F3O3/c1-8(3-5-15-2)9(14)4-6-16-7-10(11,12)13/h8-9,14H,3-7H2,1-2H3. The summed E-state index contributed by atoms with van der Waals surface area (Å²) in [5.41, 5.74) is 0. The predicted molar refractivity (Wildman–Crippen MR) is 53.2 cm³/mol. The molecule has 2 unspecified atom stereocenters. The van der Waals surface area contributed by atoms with E-state index in [2.05, 4.69) is 4.74 Å². The topological polar surface area (TPSA) is 38.7 Å². The van der Waals surface area contributed by atoms with Gasteiger partial charge in [0.05, 0.1) is 6.10 Å². The van der Waals surface area contributed by atoms with Gasteiger partial charge in [-0.1, -0.05) is 6.92 Å².